The van der Waals surface area contributed by atoms with Crippen molar-refractivity contribution in [2.24, 2.45) is 11.8 Å². The molecule has 2 rings (SSSR count). The summed E-state index contributed by atoms with van der Waals surface area (Å²) in [4.78, 5) is 4.19. The maximum Gasteiger partial charge on any atom is 0.216 e. The third-order valence-electron chi connectivity index (χ3n) is 2.71. The van der Waals surface area contributed by atoms with E-state index in [-0.39, 0.29) is 0 Å². The Morgan fingerprint density at radius 3 is 3.15 bits per heavy atom. The Labute approximate surface area is 78.9 Å². The van der Waals surface area contributed by atoms with Gasteiger partial charge in [0.25, 0.3) is 0 Å². The fraction of sp³-hybridized carbons (Fsp3) is 0.545. The molecule has 0 spiro atoms. The van der Waals surface area contributed by atoms with Gasteiger partial charge in [0.05, 0.1) is 6.61 Å². The molecular formula is C11H15NO. The van der Waals surface area contributed by atoms with Crippen molar-refractivity contribution >= 4 is 0 Å². The molecule has 0 aliphatic carbocycles. The smallest absolute Gasteiger partial charge is 0.216 e. The molecule has 1 aliphatic heterocycles. The van der Waals surface area contributed by atoms with Gasteiger partial charge in [-0.25, -0.2) is 4.98 Å². The lowest BCUT2D eigenvalue weighted by atomic mass is 9.89. The van der Waals surface area contributed by atoms with Crippen LogP contribution in [0.5, 0.6) is 5.88 Å². The Kier molecular flexibility index (Phi) is 2.21. The third kappa shape index (κ3) is 1.67. The molecule has 0 N–H and O–H groups in total. The van der Waals surface area contributed by atoms with E-state index in [1.165, 1.54) is 5.56 Å². The second-order valence-electron chi connectivity index (χ2n) is 3.99. The topological polar surface area (TPSA) is 22.1 Å². The number of aromatic nitrogens is 1. The second kappa shape index (κ2) is 3.36. The van der Waals surface area contributed by atoms with Crippen molar-refractivity contribution in [2.75, 3.05) is 6.61 Å². The summed E-state index contributed by atoms with van der Waals surface area (Å²) in [5.41, 5.74) is 1.26. The fourth-order valence-corrected chi connectivity index (χ4v) is 1.66. The number of nitrogens with zero attached hydrogens (tertiary/aromatic N) is 1. The molecular weight excluding hydrogens is 162 g/mol. The lowest BCUT2D eigenvalue weighted by molar-refractivity contribution is 0.178. The van der Waals surface area contributed by atoms with Gasteiger partial charge in [-0.15, -0.1) is 0 Å². The normalized spacial score (nSPS) is 21.0. The van der Waals surface area contributed by atoms with Gasteiger partial charge in [0.15, 0.2) is 0 Å². The molecule has 0 aromatic carbocycles. The van der Waals surface area contributed by atoms with Crippen LogP contribution in [0.1, 0.15) is 19.4 Å². The van der Waals surface area contributed by atoms with Gasteiger partial charge < -0.3 is 4.74 Å². The van der Waals surface area contributed by atoms with Crippen LogP contribution in [-0.2, 0) is 6.42 Å². The van der Waals surface area contributed by atoms with Crippen LogP contribution in [0, 0.1) is 11.8 Å². The van der Waals surface area contributed by atoms with Gasteiger partial charge in [0, 0.05) is 11.8 Å². The van der Waals surface area contributed by atoms with Crippen molar-refractivity contribution in [1.29, 1.82) is 0 Å². The Balaban J connectivity index is 2.20. The number of rotatable bonds is 1. The van der Waals surface area contributed by atoms with Crippen LogP contribution < -0.4 is 4.74 Å². The first-order valence-corrected chi connectivity index (χ1v) is 4.84. The zero-order valence-corrected chi connectivity index (χ0v) is 8.16. The number of hydrogen-bond acceptors (Lipinski definition) is 2. The van der Waals surface area contributed by atoms with Crippen molar-refractivity contribution in [1.82, 2.24) is 4.98 Å². The van der Waals surface area contributed by atoms with Crippen LogP contribution >= 0.6 is 0 Å². The minimum Gasteiger partial charge on any atom is -0.477 e. The lowest BCUT2D eigenvalue weighted by Gasteiger charge is -2.26. The Morgan fingerprint density at radius 1 is 1.54 bits per heavy atom. The van der Waals surface area contributed by atoms with E-state index in [4.69, 9.17) is 4.74 Å². The first-order valence-electron chi connectivity index (χ1n) is 4.84. The summed E-state index contributed by atoms with van der Waals surface area (Å²) in [7, 11) is 0. The molecule has 1 atom stereocenters. The summed E-state index contributed by atoms with van der Waals surface area (Å²) < 4.78 is 5.59. The molecule has 0 bridgehead atoms. The van der Waals surface area contributed by atoms with E-state index in [0.29, 0.717) is 11.8 Å². The van der Waals surface area contributed by atoms with Gasteiger partial charge in [-0.1, -0.05) is 19.9 Å². The minimum atomic E-state index is 0.650. The number of fused-ring (bicyclic) bond motifs is 1. The van der Waals surface area contributed by atoms with Crippen LogP contribution in [0.15, 0.2) is 18.3 Å². The highest BCUT2D eigenvalue weighted by Gasteiger charge is 2.22. The predicted octanol–water partition coefficient (Wildman–Crippen LogP) is 2.29. The molecule has 0 amide bonds. The molecule has 1 aromatic heterocycles. The van der Waals surface area contributed by atoms with Gasteiger partial charge in [-0.2, -0.15) is 0 Å². The zero-order valence-electron chi connectivity index (χ0n) is 8.16. The standard InChI is InChI=1S/C11H15NO/c1-8(2)10-6-9-4-3-5-12-11(9)13-7-10/h3-5,8,10H,6-7H2,1-2H3. The average Bonchev–Trinajstić information content (AvgIpc) is 2.17. The fourth-order valence-electron chi connectivity index (χ4n) is 1.66. The monoisotopic (exact) mass is 177 g/mol. The molecule has 0 saturated carbocycles. The van der Waals surface area contributed by atoms with Gasteiger partial charge in [0.1, 0.15) is 0 Å². The van der Waals surface area contributed by atoms with Gasteiger partial charge in [-0.05, 0) is 24.3 Å². The van der Waals surface area contributed by atoms with Gasteiger partial charge in [-0.3, -0.25) is 0 Å². The van der Waals surface area contributed by atoms with Crippen molar-refractivity contribution in [2.45, 2.75) is 20.3 Å². The first kappa shape index (κ1) is 8.54. The Bertz CT molecular complexity index is 296. The molecule has 70 valence electrons. The van der Waals surface area contributed by atoms with Crippen LogP contribution in [-0.4, -0.2) is 11.6 Å². The van der Waals surface area contributed by atoms with Crippen LogP contribution in [0.2, 0.25) is 0 Å². The number of hydrogen-bond donors (Lipinski definition) is 0. The summed E-state index contributed by atoms with van der Waals surface area (Å²) in [5.74, 6) is 2.17. The SMILES string of the molecule is CC(C)C1COc2ncccc2C1. The van der Waals surface area contributed by atoms with E-state index >= 15 is 0 Å². The highest BCUT2D eigenvalue weighted by Crippen LogP contribution is 2.27. The molecule has 0 fully saturated rings. The molecule has 0 saturated heterocycles. The van der Waals surface area contributed by atoms with Crippen molar-refractivity contribution < 1.29 is 4.74 Å². The van der Waals surface area contributed by atoms with Gasteiger partial charge >= 0.3 is 0 Å². The lowest BCUT2D eigenvalue weighted by Crippen LogP contribution is -2.25. The average molecular weight is 177 g/mol. The maximum absolute atomic E-state index is 5.59. The minimum absolute atomic E-state index is 0.650. The highest BCUT2D eigenvalue weighted by molar-refractivity contribution is 5.27. The van der Waals surface area contributed by atoms with Crippen molar-refractivity contribution in [3.05, 3.63) is 23.9 Å². The van der Waals surface area contributed by atoms with Crippen LogP contribution in [0.25, 0.3) is 0 Å². The first-order chi connectivity index (χ1) is 6.27. The molecule has 1 unspecified atom stereocenters. The largest absolute Gasteiger partial charge is 0.477 e. The van der Waals surface area contributed by atoms with E-state index in [9.17, 15) is 0 Å². The van der Waals surface area contributed by atoms with E-state index in [1.807, 2.05) is 6.07 Å². The van der Waals surface area contributed by atoms with Gasteiger partial charge in [0.2, 0.25) is 5.88 Å². The zero-order chi connectivity index (χ0) is 9.26. The summed E-state index contributed by atoms with van der Waals surface area (Å²) in [6, 6.07) is 4.09. The molecule has 2 nitrogen and oxygen atoms in total. The van der Waals surface area contributed by atoms with Crippen molar-refractivity contribution in [3.63, 3.8) is 0 Å². The summed E-state index contributed by atoms with van der Waals surface area (Å²) >= 11 is 0. The predicted molar refractivity (Wildman–Crippen MR) is 51.8 cm³/mol. The van der Waals surface area contributed by atoms with E-state index < -0.39 is 0 Å². The molecule has 1 aliphatic rings. The maximum atomic E-state index is 5.59. The Hall–Kier alpha value is -1.05. The van der Waals surface area contributed by atoms with Crippen LogP contribution in [0.4, 0.5) is 0 Å². The molecule has 13 heavy (non-hydrogen) atoms. The quantitative estimate of drug-likeness (QED) is 0.656. The van der Waals surface area contributed by atoms with Crippen molar-refractivity contribution in [3.8, 4) is 5.88 Å². The third-order valence-corrected chi connectivity index (χ3v) is 2.71. The summed E-state index contributed by atoms with van der Waals surface area (Å²) in [5, 5.41) is 0. The highest BCUT2D eigenvalue weighted by atomic mass is 16.5. The Morgan fingerprint density at radius 2 is 2.38 bits per heavy atom. The molecule has 2 heterocycles. The molecule has 1 aromatic rings. The molecule has 0 radical (unpaired) electrons. The number of ether oxygens (including phenoxy) is 1. The number of pyridine rings is 1. The summed E-state index contributed by atoms with van der Waals surface area (Å²) in [6.45, 7) is 5.31. The van der Waals surface area contributed by atoms with E-state index in [1.54, 1.807) is 6.20 Å². The summed E-state index contributed by atoms with van der Waals surface area (Å²) in [6.07, 6.45) is 2.90. The van der Waals surface area contributed by atoms with Crippen LogP contribution in [0.3, 0.4) is 0 Å². The van der Waals surface area contributed by atoms with E-state index in [0.717, 1.165) is 18.9 Å². The molecule has 2 heteroatoms. The van der Waals surface area contributed by atoms with E-state index in [2.05, 4.69) is 24.9 Å². The second-order valence-corrected chi connectivity index (χ2v) is 3.99.